The van der Waals surface area contributed by atoms with Gasteiger partial charge in [0.15, 0.2) is 0 Å². The van der Waals surface area contributed by atoms with Gasteiger partial charge >= 0.3 is 5.97 Å². The molecular formula is C30H30N2O5. The Morgan fingerprint density at radius 3 is 2.68 bits per heavy atom. The Bertz CT molecular complexity index is 1310. The molecule has 0 spiro atoms. The summed E-state index contributed by atoms with van der Waals surface area (Å²) < 4.78 is 11.2. The summed E-state index contributed by atoms with van der Waals surface area (Å²) in [6.45, 7) is 3.49. The predicted octanol–water partition coefficient (Wildman–Crippen LogP) is 4.36. The fourth-order valence-corrected chi connectivity index (χ4v) is 4.50. The Kier molecular flexibility index (Phi) is 8.70. The lowest BCUT2D eigenvalue weighted by Crippen LogP contribution is -2.49. The van der Waals surface area contributed by atoms with Gasteiger partial charge in [0.2, 0.25) is 0 Å². The molecular weight excluding hydrogens is 468 g/mol. The highest BCUT2D eigenvalue weighted by molar-refractivity contribution is 5.81. The number of aliphatic carboxylic acids is 1. The molecule has 1 saturated heterocycles. The van der Waals surface area contributed by atoms with Crippen LogP contribution in [0.2, 0.25) is 0 Å². The number of nitrogens with zero attached hydrogens (tertiary/aromatic N) is 2. The van der Waals surface area contributed by atoms with Crippen LogP contribution in [0.1, 0.15) is 27.8 Å². The molecule has 0 saturated carbocycles. The van der Waals surface area contributed by atoms with Gasteiger partial charge in [-0.2, -0.15) is 5.26 Å². The lowest BCUT2D eigenvalue weighted by Gasteiger charge is -2.33. The first-order valence-corrected chi connectivity index (χ1v) is 12.2. The second kappa shape index (κ2) is 12.3. The maximum Gasteiger partial charge on any atom is 0.323 e. The topological polar surface area (TPSA) is 103 Å². The molecule has 0 amide bonds. The largest absolute Gasteiger partial charge is 0.491 e. The van der Waals surface area contributed by atoms with Crippen molar-refractivity contribution >= 4 is 18.1 Å². The molecule has 3 aromatic rings. The third-order valence-electron chi connectivity index (χ3n) is 6.43. The van der Waals surface area contributed by atoms with Crippen molar-refractivity contribution in [3.8, 4) is 22.9 Å². The second-order valence-electron chi connectivity index (χ2n) is 8.87. The number of carboxylic acid groups (broad SMARTS) is 1. The van der Waals surface area contributed by atoms with Gasteiger partial charge in [-0.25, -0.2) is 0 Å². The van der Waals surface area contributed by atoms with E-state index in [1.54, 1.807) is 0 Å². The summed E-state index contributed by atoms with van der Waals surface area (Å²) in [6, 6.07) is 21.2. The number of carbonyl (C=O) groups is 1. The molecule has 4 rings (SSSR count). The fraction of sp³-hybridized carbons (Fsp3) is 0.267. The van der Waals surface area contributed by atoms with Crippen molar-refractivity contribution < 1.29 is 24.5 Å². The first kappa shape index (κ1) is 26.1. The molecule has 0 bridgehead atoms. The first-order chi connectivity index (χ1) is 18.0. The highest BCUT2D eigenvalue weighted by Gasteiger charge is 2.30. The van der Waals surface area contributed by atoms with Crippen molar-refractivity contribution in [1.29, 1.82) is 5.26 Å². The highest BCUT2D eigenvalue weighted by atomic mass is 16.5. The maximum atomic E-state index is 11.7. The van der Waals surface area contributed by atoms with E-state index in [0.717, 1.165) is 33.4 Å². The number of aliphatic hydroxyl groups is 1. The van der Waals surface area contributed by atoms with E-state index in [2.05, 4.69) is 6.07 Å². The predicted molar refractivity (Wildman–Crippen MR) is 142 cm³/mol. The van der Waals surface area contributed by atoms with Crippen LogP contribution in [0.3, 0.4) is 0 Å². The van der Waals surface area contributed by atoms with Crippen molar-refractivity contribution in [3.05, 3.63) is 88.5 Å². The molecule has 2 N–H and O–H groups in total. The Morgan fingerprint density at radius 1 is 1.16 bits per heavy atom. The second-order valence-corrected chi connectivity index (χ2v) is 8.87. The molecule has 0 unspecified atom stereocenters. The van der Waals surface area contributed by atoms with Crippen LogP contribution in [0.15, 0.2) is 60.7 Å². The minimum atomic E-state index is -0.917. The van der Waals surface area contributed by atoms with Crippen LogP contribution in [0.25, 0.3) is 23.3 Å². The first-order valence-electron chi connectivity index (χ1n) is 12.2. The Morgan fingerprint density at radius 2 is 1.95 bits per heavy atom. The molecule has 0 aromatic heterocycles. The number of aryl methyl sites for hydroxylation is 1. The summed E-state index contributed by atoms with van der Waals surface area (Å²) >= 11 is 0. The molecule has 7 nitrogen and oxygen atoms in total. The van der Waals surface area contributed by atoms with Gasteiger partial charge in [-0.05, 0) is 35.2 Å². The lowest BCUT2D eigenvalue weighted by atomic mass is 9.95. The van der Waals surface area contributed by atoms with E-state index in [4.69, 9.17) is 9.47 Å². The number of aliphatic hydroxyl groups excluding tert-OH is 1. The third-order valence-corrected chi connectivity index (χ3v) is 6.43. The molecule has 1 atom stereocenters. The van der Waals surface area contributed by atoms with Crippen molar-refractivity contribution in [2.24, 2.45) is 0 Å². The van der Waals surface area contributed by atoms with Gasteiger partial charge in [-0.3, -0.25) is 9.69 Å². The molecule has 3 aromatic carbocycles. The summed E-state index contributed by atoms with van der Waals surface area (Å²) in [6.07, 6.45) is 3.87. The summed E-state index contributed by atoms with van der Waals surface area (Å²) in [5.74, 6) is -0.326. The molecule has 1 fully saturated rings. The number of hydrogen-bond donors (Lipinski definition) is 2. The van der Waals surface area contributed by atoms with Gasteiger partial charge in [0, 0.05) is 24.2 Å². The standard InChI is InChI=1S/C30H30N2O5/c1-21-16-25(19-32-12-14-36-20-28(32)30(34)35)29(37-15-13-33)17-24(21)11-10-23-8-5-9-26(27(23)18-31)22-6-3-2-4-7-22/h2-11,16-17,28,33H,12-15,19-20H2,1H3,(H,34,35)/b11-10+/t28-/m0/s1. The lowest BCUT2D eigenvalue weighted by molar-refractivity contribution is -0.150. The van der Waals surface area contributed by atoms with Gasteiger partial charge < -0.3 is 19.7 Å². The summed E-state index contributed by atoms with van der Waals surface area (Å²) in [7, 11) is 0. The molecule has 0 aliphatic carbocycles. The highest BCUT2D eigenvalue weighted by Crippen LogP contribution is 2.30. The van der Waals surface area contributed by atoms with Crippen LogP contribution in [0, 0.1) is 18.3 Å². The molecule has 190 valence electrons. The molecule has 37 heavy (non-hydrogen) atoms. The number of ether oxygens (including phenoxy) is 2. The molecule has 0 radical (unpaired) electrons. The third kappa shape index (κ3) is 6.25. The van der Waals surface area contributed by atoms with Crippen molar-refractivity contribution in [3.63, 3.8) is 0 Å². The number of carboxylic acids is 1. The maximum absolute atomic E-state index is 11.7. The normalized spacial score (nSPS) is 16.0. The Balaban J connectivity index is 1.66. The van der Waals surface area contributed by atoms with E-state index in [-0.39, 0.29) is 19.8 Å². The van der Waals surface area contributed by atoms with Crippen LogP contribution in [0.5, 0.6) is 5.75 Å². The van der Waals surface area contributed by atoms with E-state index in [1.807, 2.05) is 84.6 Å². The van der Waals surface area contributed by atoms with Crippen molar-refractivity contribution in [2.75, 3.05) is 33.0 Å². The summed E-state index contributed by atoms with van der Waals surface area (Å²) in [5, 5.41) is 28.8. The minimum absolute atomic E-state index is 0.127. The van der Waals surface area contributed by atoms with Gasteiger partial charge in [0.25, 0.3) is 0 Å². The average Bonchev–Trinajstić information content (AvgIpc) is 2.92. The number of rotatable bonds is 9. The Hall–Kier alpha value is -3.96. The van der Waals surface area contributed by atoms with Gasteiger partial charge in [-0.15, -0.1) is 0 Å². The van der Waals surface area contributed by atoms with Gasteiger partial charge in [0.1, 0.15) is 24.5 Å². The van der Waals surface area contributed by atoms with E-state index in [0.29, 0.717) is 31.0 Å². The SMILES string of the molecule is Cc1cc(CN2CCOC[C@H]2C(=O)O)c(OCCO)cc1/C=C/c1cccc(-c2ccccc2)c1C#N. The van der Waals surface area contributed by atoms with E-state index in [1.165, 1.54) is 0 Å². The monoisotopic (exact) mass is 498 g/mol. The number of morpholine rings is 1. The molecule has 1 aliphatic heterocycles. The minimum Gasteiger partial charge on any atom is -0.491 e. The molecule has 1 heterocycles. The zero-order valence-corrected chi connectivity index (χ0v) is 20.8. The number of hydrogen-bond acceptors (Lipinski definition) is 6. The van der Waals surface area contributed by atoms with Crippen LogP contribution >= 0.6 is 0 Å². The van der Waals surface area contributed by atoms with Crippen molar-refractivity contribution in [2.45, 2.75) is 19.5 Å². The molecule has 1 aliphatic rings. The zero-order chi connectivity index (χ0) is 26.2. The van der Waals surface area contributed by atoms with Crippen LogP contribution in [-0.2, 0) is 16.1 Å². The Labute approximate surface area is 216 Å². The van der Waals surface area contributed by atoms with Gasteiger partial charge in [-0.1, -0.05) is 66.7 Å². The fourth-order valence-electron chi connectivity index (χ4n) is 4.50. The van der Waals surface area contributed by atoms with E-state index >= 15 is 0 Å². The van der Waals surface area contributed by atoms with Crippen LogP contribution in [0.4, 0.5) is 0 Å². The smallest absolute Gasteiger partial charge is 0.323 e. The summed E-state index contributed by atoms with van der Waals surface area (Å²) in [4.78, 5) is 13.6. The molecule has 7 heteroatoms. The number of benzene rings is 3. The summed E-state index contributed by atoms with van der Waals surface area (Å²) in [5.41, 5.74) is 6.01. The van der Waals surface area contributed by atoms with Gasteiger partial charge in [0.05, 0.1) is 25.4 Å². The van der Waals surface area contributed by atoms with Crippen molar-refractivity contribution in [1.82, 2.24) is 4.90 Å². The quantitative estimate of drug-likeness (QED) is 0.423. The zero-order valence-electron chi connectivity index (χ0n) is 20.8. The average molecular weight is 499 g/mol. The van der Waals surface area contributed by atoms with E-state index < -0.39 is 12.0 Å². The van der Waals surface area contributed by atoms with Crippen LogP contribution in [-0.4, -0.2) is 60.1 Å². The van der Waals surface area contributed by atoms with Crippen LogP contribution < -0.4 is 4.74 Å². The van der Waals surface area contributed by atoms with E-state index in [9.17, 15) is 20.3 Å². The number of nitriles is 1.